The highest BCUT2D eigenvalue weighted by Crippen LogP contribution is 2.45. The van der Waals surface area contributed by atoms with Gasteiger partial charge in [-0.25, -0.2) is 0 Å². The predicted molar refractivity (Wildman–Crippen MR) is 92.1 cm³/mol. The van der Waals surface area contributed by atoms with Crippen LogP contribution in [0.4, 0.5) is 0 Å². The van der Waals surface area contributed by atoms with E-state index >= 15 is 0 Å². The van der Waals surface area contributed by atoms with Gasteiger partial charge in [0, 0.05) is 56.2 Å². The van der Waals surface area contributed by atoms with Crippen molar-refractivity contribution >= 4 is 16.9 Å². The quantitative estimate of drug-likeness (QED) is 0.937. The van der Waals surface area contributed by atoms with Crippen molar-refractivity contribution in [2.24, 2.45) is 13.0 Å². The summed E-state index contributed by atoms with van der Waals surface area (Å²) in [7, 11) is 3.82. The third kappa shape index (κ3) is 2.43. The number of aliphatic carboxylic acids is 1. The third-order valence-electron chi connectivity index (χ3n) is 5.73. The summed E-state index contributed by atoms with van der Waals surface area (Å²) in [6.07, 6.45) is 4.45. The molecule has 0 bridgehead atoms. The summed E-state index contributed by atoms with van der Waals surface area (Å²) in [6.45, 7) is 1.37. The first-order valence-corrected chi connectivity index (χ1v) is 8.60. The number of hydrogen-bond acceptors (Lipinski definition) is 3. The first-order chi connectivity index (χ1) is 11.6. The molecular formula is C19H24N2O3. The molecule has 0 saturated carbocycles. The van der Waals surface area contributed by atoms with Gasteiger partial charge in [-0.2, -0.15) is 0 Å². The van der Waals surface area contributed by atoms with Crippen LogP contribution >= 0.6 is 0 Å². The Hall–Kier alpha value is -1.85. The van der Waals surface area contributed by atoms with E-state index < -0.39 is 5.97 Å². The number of methoxy groups -OCH3 is 1. The Kier molecular flexibility index (Phi) is 3.85. The van der Waals surface area contributed by atoms with Gasteiger partial charge in [-0.05, 0) is 36.0 Å². The number of benzene rings is 1. The van der Waals surface area contributed by atoms with Crippen LogP contribution in [0.1, 0.15) is 29.9 Å². The van der Waals surface area contributed by atoms with Gasteiger partial charge in [0.05, 0.1) is 6.73 Å². The number of fused-ring (bicyclic) bond motifs is 2. The van der Waals surface area contributed by atoms with Gasteiger partial charge >= 0.3 is 5.97 Å². The second-order valence-corrected chi connectivity index (χ2v) is 7.27. The fourth-order valence-electron chi connectivity index (χ4n) is 4.89. The lowest BCUT2D eigenvalue weighted by Gasteiger charge is -2.46. The van der Waals surface area contributed by atoms with Crippen molar-refractivity contribution in [1.82, 2.24) is 9.47 Å². The van der Waals surface area contributed by atoms with Gasteiger partial charge in [0.15, 0.2) is 0 Å². The molecule has 0 radical (unpaired) electrons. The molecule has 1 aromatic heterocycles. The number of ether oxygens (including phenoxy) is 1. The standard InChI is InChI=1S/C19H24N2O3/c1-20-10-13-8-17-15(14-4-3-5-16(20)19(13)14)6-12(7-18(22)23)9-21(17)11-24-2/h3-5,10,12,15,17H,6-9,11H2,1-2H3,(H,22,23)/t12-,15?,17+/m0/s1. The molecule has 2 aromatic rings. The molecule has 4 rings (SSSR count). The third-order valence-corrected chi connectivity index (χ3v) is 5.73. The molecule has 128 valence electrons. The van der Waals surface area contributed by atoms with Crippen LogP contribution in [0.5, 0.6) is 0 Å². The molecule has 2 heterocycles. The Morgan fingerprint density at radius 2 is 2.25 bits per heavy atom. The lowest BCUT2D eigenvalue weighted by molar-refractivity contribution is -0.139. The normalized spacial score (nSPS) is 26.5. The van der Waals surface area contributed by atoms with Crippen LogP contribution in [0, 0.1) is 5.92 Å². The Bertz CT molecular complexity index is 782. The molecule has 1 aliphatic carbocycles. The number of likely N-dealkylation sites (tertiary alicyclic amines) is 1. The van der Waals surface area contributed by atoms with Gasteiger partial charge < -0.3 is 14.4 Å². The summed E-state index contributed by atoms with van der Waals surface area (Å²) < 4.78 is 7.63. The summed E-state index contributed by atoms with van der Waals surface area (Å²) in [6, 6.07) is 6.94. The van der Waals surface area contributed by atoms with E-state index in [0.717, 1.165) is 19.4 Å². The summed E-state index contributed by atoms with van der Waals surface area (Å²) in [5, 5.41) is 10.6. The predicted octanol–water partition coefficient (Wildman–Crippen LogP) is 2.59. The molecule has 1 aromatic carbocycles. The molecule has 0 spiro atoms. The summed E-state index contributed by atoms with van der Waals surface area (Å²) in [4.78, 5) is 13.6. The Balaban J connectivity index is 1.77. The van der Waals surface area contributed by atoms with Gasteiger partial charge in [-0.3, -0.25) is 9.69 Å². The second-order valence-electron chi connectivity index (χ2n) is 7.27. The molecular weight excluding hydrogens is 304 g/mol. The summed E-state index contributed by atoms with van der Waals surface area (Å²) in [5.41, 5.74) is 4.07. The molecule has 3 atom stereocenters. The molecule has 5 heteroatoms. The molecule has 1 aliphatic heterocycles. The Morgan fingerprint density at radius 3 is 3.00 bits per heavy atom. The van der Waals surface area contributed by atoms with E-state index in [4.69, 9.17) is 4.74 Å². The molecule has 5 nitrogen and oxygen atoms in total. The maximum atomic E-state index is 11.2. The van der Waals surface area contributed by atoms with Crippen LogP contribution < -0.4 is 0 Å². The molecule has 1 unspecified atom stereocenters. The van der Waals surface area contributed by atoms with Gasteiger partial charge in [-0.1, -0.05) is 12.1 Å². The number of carboxylic acid groups (broad SMARTS) is 1. The minimum atomic E-state index is -0.703. The lowest BCUT2D eigenvalue weighted by atomic mass is 9.72. The molecule has 1 fully saturated rings. The highest BCUT2D eigenvalue weighted by Gasteiger charge is 2.41. The molecule has 24 heavy (non-hydrogen) atoms. The fraction of sp³-hybridized carbons (Fsp3) is 0.526. The molecule has 2 aliphatic rings. The summed E-state index contributed by atoms with van der Waals surface area (Å²) in [5.74, 6) is -0.137. The minimum Gasteiger partial charge on any atom is -0.481 e. The topological polar surface area (TPSA) is 54.7 Å². The van der Waals surface area contributed by atoms with E-state index in [1.54, 1.807) is 7.11 Å². The highest BCUT2D eigenvalue weighted by molar-refractivity contribution is 5.89. The molecule has 0 amide bonds. The van der Waals surface area contributed by atoms with E-state index in [1.165, 1.54) is 22.0 Å². The zero-order valence-corrected chi connectivity index (χ0v) is 14.2. The van der Waals surface area contributed by atoms with Crippen LogP contribution in [0.2, 0.25) is 0 Å². The number of carboxylic acids is 1. The Morgan fingerprint density at radius 1 is 1.42 bits per heavy atom. The van der Waals surface area contributed by atoms with Crippen molar-refractivity contribution in [3.63, 3.8) is 0 Å². The zero-order valence-electron chi connectivity index (χ0n) is 14.2. The average molecular weight is 328 g/mol. The van der Waals surface area contributed by atoms with Crippen LogP contribution in [0.15, 0.2) is 24.4 Å². The van der Waals surface area contributed by atoms with Crippen LogP contribution in [0.3, 0.4) is 0 Å². The van der Waals surface area contributed by atoms with Gasteiger partial charge in [0.1, 0.15) is 0 Å². The number of aromatic nitrogens is 1. The van der Waals surface area contributed by atoms with Crippen molar-refractivity contribution in [3.05, 3.63) is 35.5 Å². The average Bonchev–Trinajstić information content (AvgIpc) is 2.86. The first kappa shape index (κ1) is 15.7. The maximum Gasteiger partial charge on any atom is 0.303 e. The van der Waals surface area contributed by atoms with E-state index in [9.17, 15) is 9.90 Å². The van der Waals surface area contributed by atoms with Crippen molar-refractivity contribution in [2.75, 3.05) is 20.4 Å². The number of nitrogens with zero attached hydrogens (tertiary/aromatic N) is 2. The van der Waals surface area contributed by atoms with E-state index in [-0.39, 0.29) is 12.3 Å². The summed E-state index contributed by atoms with van der Waals surface area (Å²) >= 11 is 0. The van der Waals surface area contributed by atoms with Crippen molar-refractivity contribution < 1.29 is 14.6 Å². The van der Waals surface area contributed by atoms with E-state index in [0.29, 0.717) is 18.7 Å². The van der Waals surface area contributed by atoms with Gasteiger partial charge in [0.2, 0.25) is 0 Å². The van der Waals surface area contributed by atoms with Crippen molar-refractivity contribution in [3.8, 4) is 0 Å². The van der Waals surface area contributed by atoms with Crippen LogP contribution in [-0.4, -0.2) is 47.0 Å². The van der Waals surface area contributed by atoms with Gasteiger partial charge in [-0.15, -0.1) is 0 Å². The monoisotopic (exact) mass is 328 g/mol. The van der Waals surface area contributed by atoms with E-state index in [2.05, 4.69) is 40.9 Å². The lowest BCUT2D eigenvalue weighted by Crippen LogP contribution is -2.50. The molecule has 1 saturated heterocycles. The van der Waals surface area contributed by atoms with E-state index in [1.807, 2.05) is 0 Å². The highest BCUT2D eigenvalue weighted by atomic mass is 16.5. The smallest absolute Gasteiger partial charge is 0.303 e. The zero-order chi connectivity index (χ0) is 16.8. The number of hydrogen-bond donors (Lipinski definition) is 1. The van der Waals surface area contributed by atoms with Crippen molar-refractivity contribution in [1.29, 1.82) is 0 Å². The molecule has 1 N–H and O–H groups in total. The number of piperidine rings is 1. The largest absolute Gasteiger partial charge is 0.481 e. The number of rotatable bonds is 4. The Labute approximate surface area is 141 Å². The number of carbonyl (C=O) groups is 1. The second kappa shape index (κ2) is 5.90. The number of aryl methyl sites for hydroxylation is 1. The van der Waals surface area contributed by atoms with Crippen LogP contribution in [0.25, 0.3) is 10.9 Å². The minimum absolute atomic E-state index is 0.180. The SMILES string of the molecule is COCN1C[C@H](CC(=O)O)CC2c3cccc4c3c(cn4C)C[C@H]21. The maximum absolute atomic E-state index is 11.2. The fourth-order valence-corrected chi connectivity index (χ4v) is 4.89. The van der Waals surface area contributed by atoms with Gasteiger partial charge in [0.25, 0.3) is 0 Å². The van der Waals surface area contributed by atoms with Crippen LogP contribution in [-0.2, 0) is 23.0 Å². The first-order valence-electron chi connectivity index (χ1n) is 8.60. The van der Waals surface area contributed by atoms with Crippen molar-refractivity contribution in [2.45, 2.75) is 31.2 Å².